The summed E-state index contributed by atoms with van der Waals surface area (Å²) in [5.41, 5.74) is 2.08. The molecule has 8 nitrogen and oxygen atoms in total. The molecule has 3 rings (SSSR count). The minimum atomic E-state index is -3.05. The molecule has 0 saturated carbocycles. The first-order chi connectivity index (χ1) is 12.9. The summed E-state index contributed by atoms with van der Waals surface area (Å²) in [5, 5.41) is 5.81. The Morgan fingerprint density at radius 3 is 2.37 bits per heavy atom. The molecule has 9 heteroatoms. The van der Waals surface area contributed by atoms with E-state index in [9.17, 15) is 18.0 Å². The van der Waals surface area contributed by atoms with E-state index in [1.54, 1.807) is 36.4 Å². The van der Waals surface area contributed by atoms with E-state index in [0.717, 1.165) is 5.69 Å². The topological polar surface area (TPSA) is 114 Å². The number of benzene rings is 1. The molecule has 0 bridgehead atoms. The van der Waals surface area contributed by atoms with Crippen LogP contribution in [0.15, 0.2) is 42.6 Å². The quantitative estimate of drug-likeness (QED) is 0.745. The van der Waals surface area contributed by atoms with Gasteiger partial charge >= 0.3 is 5.97 Å². The molecule has 0 spiro atoms. The van der Waals surface area contributed by atoms with Gasteiger partial charge in [0, 0.05) is 11.7 Å². The van der Waals surface area contributed by atoms with E-state index in [2.05, 4.69) is 20.4 Å². The van der Waals surface area contributed by atoms with Crippen LogP contribution >= 0.6 is 0 Å². The van der Waals surface area contributed by atoms with Crippen LogP contribution in [-0.4, -0.2) is 49.9 Å². The van der Waals surface area contributed by atoms with E-state index >= 15 is 0 Å². The third kappa shape index (κ3) is 4.82. The Labute approximate surface area is 156 Å². The molecule has 2 aromatic rings. The SMILES string of the molecule is COC(=O)c1ccc(Nc2ccc(C(=O)NC3CCS(=O)(=O)C3)nc2)cc1. The normalized spacial score (nSPS) is 17.9. The summed E-state index contributed by atoms with van der Waals surface area (Å²) < 4.78 is 27.6. The largest absolute Gasteiger partial charge is 0.465 e. The minimum Gasteiger partial charge on any atom is -0.465 e. The molecule has 0 aliphatic carbocycles. The van der Waals surface area contributed by atoms with Gasteiger partial charge in [-0.25, -0.2) is 18.2 Å². The maximum absolute atomic E-state index is 12.2. The van der Waals surface area contributed by atoms with Gasteiger partial charge in [0.2, 0.25) is 0 Å². The predicted molar refractivity (Wildman–Crippen MR) is 99.8 cm³/mol. The number of hydrogen-bond acceptors (Lipinski definition) is 7. The highest BCUT2D eigenvalue weighted by Crippen LogP contribution is 2.17. The number of ether oxygens (including phenoxy) is 1. The van der Waals surface area contributed by atoms with E-state index in [1.807, 2.05) is 0 Å². The van der Waals surface area contributed by atoms with Gasteiger partial charge in [-0.05, 0) is 42.8 Å². The summed E-state index contributed by atoms with van der Waals surface area (Å²) in [4.78, 5) is 27.7. The highest BCUT2D eigenvalue weighted by Gasteiger charge is 2.29. The molecule has 1 atom stereocenters. The third-order valence-electron chi connectivity index (χ3n) is 4.16. The Balaban J connectivity index is 1.60. The number of sulfone groups is 1. The number of anilines is 2. The van der Waals surface area contributed by atoms with Crippen molar-refractivity contribution in [3.05, 3.63) is 53.9 Å². The van der Waals surface area contributed by atoms with E-state index in [1.165, 1.54) is 13.3 Å². The van der Waals surface area contributed by atoms with Crippen LogP contribution in [0.25, 0.3) is 0 Å². The van der Waals surface area contributed by atoms with Crippen molar-refractivity contribution in [3.63, 3.8) is 0 Å². The van der Waals surface area contributed by atoms with Crippen molar-refractivity contribution < 1.29 is 22.7 Å². The van der Waals surface area contributed by atoms with E-state index < -0.39 is 21.7 Å². The summed E-state index contributed by atoms with van der Waals surface area (Å²) in [6.07, 6.45) is 1.93. The lowest BCUT2D eigenvalue weighted by Crippen LogP contribution is -2.36. The van der Waals surface area contributed by atoms with Crippen molar-refractivity contribution in [2.75, 3.05) is 23.9 Å². The molecule has 142 valence electrons. The van der Waals surface area contributed by atoms with Crippen LogP contribution in [-0.2, 0) is 14.6 Å². The van der Waals surface area contributed by atoms with Crippen LogP contribution in [0, 0.1) is 0 Å². The number of rotatable bonds is 5. The first-order valence-corrected chi connectivity index (χ1v) is 10.1. The zero-order valence-corrected chi connectivity index (χ0v) is 15.5. The second-order valence-corrected chi connectivity index (χ2v) is 8.43. The zero-order valence-electron chi connectivity index (χ0n) is 14.6. The standard InChI is InChI=1S/C18H19N3O5S/c1-26-18(23)12-2-4-13(5-3-12)20-14-6-7-16(19-10-14)17(22)21-15-8-9-27(24,25)11-15/h2-7,10,15,20H,8-9,11H2,1H3,(H,21,22). The molecule has 27 heavy (non-hydrogen) atoms. The molecule has 0 radical (unpaired) electrons. The molecular formula is C18H19N3O5S. The van der Waals surface area contributed by atoms with E-state index in [-0.39, 0.29) is 23.2 Å². The number of carbonyl (C=O) groups excluding carboxylic acids is 2. The molecular weight excluding hydrogens is 370 g/mol. The fourth-order valence-corrected chi connectivity index (χ4v) is 4.42. The maximum Gasteiger partial charge on any atom is 0.337 e. The average Bonchev–Trinajstić information content (AvgIpc) is 3.00. The van der Waals surface area contributed by atoms with Crippen molar-refractivity contribution in [3.8, 4) is 0 Å². The van der Waals surface area contributed by atoms with E-state index in [4.69, 9.17) is 0 Å². The maximum atomic E-state index is 12.2. The van der Waals surface area contributed by atoms with Crippen molar-refractivity contribution in [2.24, 2.45) is 0 Å². The van der Waals surface area contributed by atoms with Crippen molar-refractivity contribution in [1.82, 2.24) is 10.3 Å². The van der Waals surface area contributed by atoms with Crippen LogP contribution in [0.3, 0.4) is 0 Å². The summed E-state index contributed by atoms with van der Waals surface area (Å²) in [7, 11) is -1.73. The third-order valence-corrected chi connectivity index (χ3v) is 5.93. The molecule has 1 unspecified atom stereocenters. The number of carbonyl (C=O) groups is 2. The lowest BCUT2D eigenvalue weighted by atomic mass is 10.2. The Hall–Kier alpha value is -2.94. The number of nitrogens with zero attached hydrogens (tertiary/aromatic N) is 1. The molecule has 1 fully saturated rings. The van der Waals surface area contributed by atoms with Gasteiger partial charge in [0.05, 0.1) is 36.1 Å². The monoisotopic (exact) mass is 389 g/mol. The molecule has 1 aliphatic rings. The Bertz CT molecular complexity index is 940. The van der Waals surface area contributed by atoms with Crippen molar-refractivity contribution in [2.45, 2.75) is 12.5 Å². The van der Waals surface area contributed by atoms with Crippen LogP contribution in [0.2, 0.25) is 0 Å². The lowest BCUT2D eigenvalue weighted by molar-refractivity contribution is 0.0600. The lowest BCUT2D eigenvalue weighted by Gasteiger charge is -2.11. The highest BCUT2D eigenvalue weighted by molar-refractivity contribution is 7.91. The first-order valence-electron chi connectivity index (χ1n) is 8.29. The number of methoxy groups -OCH3 is 1. The van der Waals surface area contributed by atoms with Gasteiger partial charge < -0.3 is 15.4 Å². The van der Waals surface area contributed by atoms with Crippen LogP contribution < -0.4 is 10.6 Å². The van der Waals surface area contributed by atoms with Gasteiger partial charge in [-0.15, -0.1) is 0 Å². The van der Waals surface area contributed by atoms with Gasteiger partial charge in [0.25, 0.3) is 5.91 Å². The number of esters is 1. The second-order valence-electron chi connectivity index (χ2n) is 6.20. The molecule has 1 aliphatic heterocycles. The first kappa shape index (κ1) is 18.8. The predicted octanol–water partition coefficient (Wildman–Crippen LogP) is 1.53. The van der Waals surface area contributed by atoms with Crippen LogP contribution in [0.4, 0.5) is 11.4 Å². The minimum absolute atomic E-state index is 0.0278. The van der Waals surface area contributed by atoms with Crippen LogP contribution in [0.1, 0.15) is 27.3 Å². The van der Waals surface area contributed by atoms with Gasteiger partial charge in [-0.3, -0.25) is 4.79 Å². The summed E-state index contributed by atoms with van der Waals surface area (Å²) >= 11 is 0. The zero-order chi connectivity index (χ0) is 19.4. The highest BCUT2D eigenvalue weighted by atomic mass is 32.2. The molecule has 1 aromatic heterocycles. The number of hydrogen-bond donors (Lipinski definition) is 2. The summed E-state index contributed by atoms with van der Waals surface area (Å²) in [6.45, 7) is 0. The fraction of sp³-hybridized carbons (Fsp3) is 0.278. The van der Waals surface area contributed by atoms with Gasteiger partial charge in [-0.1, -0.05) is 0 Å². The average molecular weight is 389 g/mol. The van der Waals surface area contributed by atoms with E-state index in [0.29, 0.717) is 17.7 Å². The number of pyridine rings is 1. The summed E-state index contributed by atoms with van der Waals surface area (Å²) in [5.74, 6) is -0.733. The number of amides is 1. The number of nitrogens with one attached hydrogen (secondary N) is 2. The smallest absolute Gasteiger partial charge is 0.337 e. The summed E-state index contributed by atoms with van der Waals surface area (Å²) in [6, 6.07) is 9.63. The molecule has 1 aromatic carbocycles. The molecule has 1 saturated heterocycles. The van der Waals surface area contributed by atoms with Gasteiger partial charge in [-0.2, -0.15) is 0 Å². The fourth-order valence-electron chi connectivity index (χ4n) is 2.74. The van der Waals surface area contributed by atoms with Gasteiger partial charge in [0.15, 0.2) is 9.84 Å². The Kier molecular flexibility index (Phi) is 5.41. The Morgan fingerprint density at radius 2 is 1.81 bits per heavy atom. The molecule has 2 N–H and O–H groups in total. The van der Waals surface area contributed by atoms with Crippen molar-refractivity contribution >= 4 is 33.1 Å². The second kappa shape index (κ2) is 7.75. The molecule has 2 heterocycles. The van der Waals surface area contributed by atoms with Crippen LogP contribution in [0.5, 0.6) is 0 Å². The van der Waals surface area contributed by atoms with Gasteiger partial charge in [0.1, 0.15) is 5.69 Å². The van der Waals surface area contributed by atoms with Crippen molar-refractivity contribution in [1.29, 1.82) is 0 Å². The molecule has 1 amide bonds. The Morgan fingerprint density at radius 1 is 1.11 bits per heavy atom. The number of aromatic nitrogens is 1.